The summed E-state index contributed by atoms with van der Waals surface area (Å²) in [4.78, 5) is 23.6. The zero-order chi connectivity index (χ0) is 12.9. The maximum atomic E-state index is 11.9. The highest BCUT2D eigenvalue weighted by Gasteiger charge is 2.34. The Hall–Kier alpha value is -1.48. The van der Waals surface area contributed by atoms with Crippen molar-refractivity contribution in [3.05, 3.63) is 35.9 Å². The fraction of sp³-hybridized carbons (Fsp3) is 0.429. The summed E-state index contributed by atoms with van der Waals surface area (Å²) < 4.78 is 0. The molecule has 1 unspecified atom stereocenters. The topological polar surface area (TPSA) is 54.4 Å². The van der Waals surface area contributed by atoms with Crippen molar-refractivity contribution >= 4 is 11.6 Å². The second-order valence-electron chi connectivity index (χ2n) is 4.13. The third-order valence-corrected chi connectivity index (χ3v) is 2.97. The van der Waals surface area contributed by atoms with Crippen molar-refractivity contribution < 1.29 is 14.7 Å². The molecule has 0 fully saturated rings. The number of carbonyl (C=O) groups excluding carboxylic acids is 2. The molecule has 0 radical (unpaired) electrons. The lowest BCUT2D eigenvalue weighted by Gasteiger charge is -2.23. The number of ketones is 2. The van der Waals surface area contributed by atoms with E-state index < -0.39 is 5.60 Å². The maximum absolute atomic E-state index is 11.9. The standard InChI is InChI=1S/C14H18O3/c1-3-13(16)14(17,4-2)10-12(15)11-8-6-5-7-9-11/h5-9,17H,3-4,10H2,1-2H3. The van der Waals surface area contributed by atoms with Crippen LogP contribution >= 0.6 is 0 Å². The van der Waals surface area contributed by atoms with Gasteiger partial charge in [0.1, 0.15) is 5.60 Å². The Bertz CT molecular complexity index is 397. The van der Waals surface area contributed by atoms with Crippen molar-refractivity contribution in [2.45, 2.75) is 38.7 Å². The van der Waals surface area contributed by atoms with Crippen LogP contribution in [0.3, 0.4) is 0 Å². The van der Waals surface area contributed by atoms with Crippen LogP contribution in [0.2, 0.25) is 0 Å². The average Bonchev–Trinajstić information content (AvgIpc) is 2.38. The van der Waals surface area contributed by atoms with Crippen LogP contribution < -0.4 is 0 Å². The lowest BCUT2D eigenvalue weighted by Crippen LogP contribution is -2.39. The Kier molecular flexibility index (Phi) is 4.58. The summed E-state index contributed by atoms with van der Waals surface area (Å²) in [5.74, 6) is -0.471. The molecule has 1 aromatic rings. The molecule has 3 nitrogen and oxygen atoms in total. The van der Waals surface area contributed by atoms with Crippen LogP contribution in [0.15, 0.2) is 30.3 Å². The van der Waals surface area contributed by atoms with Gasteiger partial charge in [-0.15, -0.1) is 0 Å². The van der Waals surface area contributed by atoms with Crippen LogP contribution in [-0.4, -0.2) is 22.3 Å². The monoisotopic (exact) mass is 234 g/mol. The van der Waals surface area contributed by atoms with Crippen molar-refractivity contribution in [1.82, 2.24) is 0 Å². The highest BCUT2D eigenvalue weighted by molar-refractivity contribution is 6.01. The molecule has 0 aliphatic carbocycles. The Morgan fingerprint density at radius 1 is 1.18 bits per heavy atom. The number of carbonyl (C=O) groups is 2. The fourth-order valence-corrected chi connectivity index (χ4v) is 1.74. The molecule has 0 saturated heterocycles. The SMILES string of the molecule is CCC(=O)C(O)(CC)CC(=O)c1ccccc1. The molecule has 0 bridgehead atoms. The molecule has 0 aromatic heterocycles. The van der Waals surface area contributed by atoms with Crippen LogP contribution in [0.5, 0.6) is 0 Å². The van der Waals surface area contributed by atoms with Gasteiger partial charge in [-0.05, 0) is 6.42 Å². The van der Waals surface area contributed by atoms with Gasteiger partial charge < -0.3 is 5.11 Å². The molecule has 92 valence electrons. The van der Waals surface area contributed by atoms with E-state index in [0.717, 1.165) is 0 Å². The van der Waals surface area contributed by atoms with Crippen molar-refractivity contribution in [3.8, 4) is 0 Å². The Labute approximate surface area is 101 Å². The fourth-order valence-electron chi connectivity index (χ4n) is 1.74. The van der Waals surface area contributed by atoms with Gasteiger partial charge in [-0.3, -0.25) is 9.59 Å². The van der Waals surface area contributed by atoms with E-state index >= 15 is 0 Å². The zero-order valence-corrected chi connectivity index (χ0v) is 10.3. The summed E-state index contributed by atoms with van der Waals surface area (Å²) in [5, 5.41) is 10.1. The first-order valence-electron chi connectivity index (χ1n) is 5.87. The summed E-state index contributed by atoms with van der Waals surface area (Å²) >= 11 is 0. The van der Waals surface area contributed by atoms with Crippen LogP contribution in [0.4, 0.5) is 0 Å². The molecule has 1 atom stereocenters. The second kappa shape index (κ2) is 5.73. The summed E-state index contributed by atoms with van der Waals surface area (Å²) in [7, 11) is 0. The summed E-state index contributed by atoms with van der Waals surface area (Å²) in [5.41, 5.74) is -0.981. The largest absolute Gasteiger partial charge is 0.382 e. The van der Waals surface area contributed by atoms with E-state index in [1.165, 1.54) is 0 Å². The Balaban J connectivity index is 2.83. The number of aliphatic hydroxyl groups is 1. The first kappa shape index (κ1) is 13.6. The molecular formula is C14H18O3. The molecule has 3 heteroatoms. The molecule has 1 aromatic carbocycles. The molecule has 0 aliphatic rings. The van der Waals surface area contributed by atoms with E-state index in [0.29, 0.717) is 5.56 Å². The van der Waals surface area contributed by atoms with Gasteiger partial charge >= 0.3 is 0 Å². The normalized spacial score (nSPS) is 14.1. The van der Waals surface area contributed by atoms with Crippen LogP contribution in [0, 0.1) is 0 Å². The minimum atomic E-state index is -1.51. The number of hydrogen-bond donors (Lipinski definition) is 1. The van der Waals surface area contributed by atoms with Gasteiger partial charge in [-0.1, -0.05) is 44.2 Å². The van der Waals surface area contributed by atoms with Gasteiger partial charge in [-0.2, -0.15) is 0 Å². The molecule has 0 heterocycles. The molecule has 0 amide bonds. The third-order valence-electron chi connectivity index (χ3n) is 2.97. The van der Waals surface area contributed by atoms with Gasteiger partial charge in [0.25, 0.3) is 0 Å². The zero-order valence-electron chi connectivity index (χ0n) is 10.3. The Morgan fingerprint density at radius 3 is 2.24 bits per heavy atom. The van der Waals surface area contributed by atoms with Crippen molar-refractivity contribution in [2.75, 3.05) is 0 Å². The third kappa shape index (κ3) is 3.24. The quantitative estimate of drug-likeness (QED) is 0.769. The van der Waals surface area contributed by atoms with Gasteiger partial charge in [0, 0.05) is 18.4 Å². The number of hydrogen-bond acceptors (Lipinski definition) is 3. The lowest BCUT2D eigenvalue weighted by atomic mass is 9.86. The van der Waals surface area contributed by atoms with Crippen molar-refractivity contribution in [3.63, 3.8) is 0 Å². The Morgan fingerprint density at radius 2 is 1.76 bits per heavy atom. The van der Waals surface area contributed by atoms with Crippen LogP contribution in [-0.2, 0) is 4.79 Å². The van der Waals surface area contributed by atoms with Gasteiger partial charge in [0.15, 0.2) is 11.6 Å². The average molecular weight is 234 g/mol. The summed E-state index contributed by atoms with van der Waals surface area (Å²) in [6, 6.07) is 8.73. The summed E-state index contributed by atoms with van der Waals surface area (Å²) in [6.45, 7) is 3.40. The van der Waals surface area contributed by atoms with Crippen LogP contribution in [0.1, 0.15) is 43.5 Å². The molecule has 0 spiro atoms. The lowest BCUT2D eigenvalue weighted by molar-refractivity contribution is -0.137. The highest BCUT2D eigenvalue weighted by atomic mass is 16.3. The first-order chi connectivity index (χ1) is 8.03. The van der Waals surface area contributed by atoms with E-state index in [2.05, 4.69) is 0 Å². The van der Waals surface area contributed by atoms with Crippen molar-refractivity contribution in [2.24, 2.45) is 0 Å². The van der Waals surface area contributed by atoms with Crippen LogP contribution in [0.25, 0.3) is 0 Å². The van der Waals surface area contributed by atoms with Gasteiger partial charge in [0.05, 0.1) is 0 Å². The molecule has 17 heavy (non-hydrogen) atoms. The molecular weight excluding hydrogens is 216 g/mol. The second-order valence-corrected chi connectivity index (χ2v) is 4.13. The first-order valence-corrected chi connectivity index (χ1v) is 5.87. The maximum Gasteiger partial charge on any atom is 0.166 e. The minimum Gasteiger partial charge on any atom is -0.382 e. The van der Waals surface area contributed by atoms with Gasteiger partial charge in [-0.25, -0.2) is 0 Å². The van der Waals surface area contributed by atoms with E-state index in [1.54, 1.807) is 38.1 Å². The summed E-state index contributed by atoms with van der Waals surface area (Å²) in [6.07, 6.45) is 0.366. The minimum absolute atomic E-state index is 0.139. The van der Waals surface area contributed by atoms with E-state index in [4.69, 9.17) is 0 Å². The predicted molar refractivity (Wildman–Crippen MR) is 65.9 cm³/mol. The number of benzene rings is 1. The molecule has 1 rings (SSSR count). The molecule has 0 saturated carbocycles. The van der Waals surface area contributed by atoms with Crippen molar-refractivity contribution in [1.29, 1.82) is 0 Å². The van der Waals surface area contributed by atoms with Gasteiger partial charge in [0.2, 0.25) is 0 Å². The highest BCUT2D eigenvalue weighted by Crippen LogP contribution is 2.21. The predicted octanol–water partition coefficient (Wildman–Crippen LogP) is 2.38. The number of rotatable bonds is 6. The molecule has 0 aliphatic heterocycles. The van der Waals surface area contributed by atoms with E-state index in [-0.39, 0.29) is 30.8 Å². The van der Waals surface area contributed by atoms with E-state index in [1.807, 2.05) is 6.07 Å². The molecule has 1 N–H and O–H groups in total. The van der Waals surface area contributed by atoms with E-state index in [9.17, 15) is 14.7 Å². The number of Topliss-reactive ketones (excluding diaryl/α,β-unsaturated/α-hetero) is 2. The smallest absolute Gasteiger partial charge is 0.166 e.